The number of carboxylic acids is 1. The molecule has 8 nitrogen and oxygen atoms in total. The molecule has 0 aliphatic carbocycles. The molecule has 1 atom stereocenters. The van der Waals surface area contributed by atoms with Gasteiger partial charge in [0.05, 0.1) is 0 Å². The number of amides is 1. The number of anilines is 1. The molecule has 1 aromatic rings. The first-order valence-electron chi connectivity index (χ1n) is 6.06. The van der Waals surface area contributed by atoms with Gasteiger partial charge in [0.25, 0.3) is 5.91 Å². The Hall–Kier alpha value is -2.12. The zero-order valence-electron chi connectivity index (χ0n) is 11.0. The van der Waals surface area contributed by atoms with Gasteiger partial charge in [-0.15, -0.1) is 5.10 Å². The Morgan fingerprint density at radius 3 is 2.63 bits per heavy atom. The van der Waals surface area contributed by atoms with Gasteiger partial charge in [-0.3, -0.25) is 14.7 Å². The first kappa shape index (κ1) is 14.9. The molecule has 1 amide bonds. The largest absolute Gasteiger partial charge is 0.481 e. The summed E-state index contributed by atoms with van der Waals surface area (Å²) < 4.78 is 0. The fraction of sp³-hybridized carbons (Fsp3) is 0.636. The van der Waals surface area contributed by atoms with Crippen molar-refractivity contribution in [3.05, 3.63) is 5.82 Å². The van der Waals surface area contributed by atoms with Gasteiger partial charge in [0.15, 0.2) is 0 Å². The molecule has 1 heterocycles. The minimum atomic E-state index is -0.871. The van der Waals surface area contributed by atoms with Crippen LogP contribution in [0.15, 0.2) is 0 Å². The number of carbonyl (C=O) groups excluding carboxylic acids is 1. The number of H-pyrrole nitrogens is 1. The number of nitrogens with two attached hydrogens (primary N) is 1. The van der Waals surface area contributed by atoms with Crippen LogP contribution in [0.5, 0.6) is 0 Å². The second-order valence-corrected chi connectivity index (χ2v) is 4.85. The highest BCUT2D eigenvalue weighted by Gasteiger charge is 2.17. The van der Waals surface area contributed by atoms with E-state index >= 15 is 0 Å². The van der Waals surface area contributed by atoms with Gasteiger partial charge in [0.2, 0.25) is 11.8 Å². The molecule has 0 aliphatic rings. The third-order valence-corrected chi connectivity index (χ3v) is 2.54. The van der Waals surface area contributed by atoms with Crippen LogP contribution in [0.2, 0.25) is 0 Å². The highest BCUT2D eigenvalue weighted by molar-refractivity contribution is 5.90. The third-order valence-electron chi connectivity index (χ3n) is 2.54. The highest BCUT2D eigenvalue weighted by Crippen LogP contribution is 2.14. The Morgan fingerprint density at radius 2 is 2.16 bits per heavy atom. The maximum absolute atomic E-state index is 11.7. The number of carbonyl (C=O) groups is 2. The Bertz CT molecular complexity index is 443. The van der Waals surface area contributed by atoms with E-state index in [1.54, 1.807) is 0 Å². The summed E-state index contributed by atoms with van der Waals surface area (Å²) in [6.45, 7) is 4.30. The van der Waals surface area contributed by atoms with E-state index in [1.807, 2.05) is 13.8 Å². The maximum Gasteiger partial charge on any atom is 0.303 e. The summed E-state index contributed by atoms with van der Waals surface area (Å²) in [5.41, 5.74) is 5.29. The number of hydrogen-bond donors (Lipinski definition) is 4. The molecular weight excluding hydrogens is 250 g/mol. The lowest BCUT2D eigenvalue weighted by atomic mass is 9.94. The molecule has 0 radical (unpaired) electrons. The number of hydrogen-bond acceptors (Lipinski definition) is 5. The summed E-state index contributed by atoms with van der Waals surface area (Å²) in [4.78, 5) is 26.1. The molecule has 0 fully saturated rings. The molecule has 0 bridgehead atoms. The quantitative estimate of drug-likeness (QED) is 0.560. The van der Waals surface area contributed by atoms with Crippen LogP contribution in [-0.2, 0) is 4.79 Å². The zero-order chi connectivity index (χ0) is 14.4. The van der Waals surface area contributed by atoms with Crippen molar-refractivity contribution in [2.75, 3.05) is 12.3 Å². The van der Waals surface area contributed by atoms with Gasteiger partial charge in [-0.25, -0.2) is 0 Å². The number of aromatic amines is 1. The lowest BCUT2D eigenvalue weighted by Crippen LogP contribution is -2.31. The van der Waals surface area contributed by atoms with Gasteiger partial charge in [-0.2, -0.15) is 4.98 Å². The first-order chi connectivity index (χ1) is 8.88. The van der Waals surface area contributed by atoms with Gasteiger partial charge in [-0.05, 0) is 18.3 Å². The Balaban J connectivity index is 2.50. The summed E-state index contributed by atoms with van der Waals surface area (Å²) in [6, 6.07) is 0. The van der Waals surface area contributed by atoms with Crippen molar-refractivity contribution in [2.45, 2.75) is 26.7 Å². The number of nitrogens with zero attached hydrogens (tertiary/aromatic N) is 2. The van der Waals surface area contributed by atoms with Crippen molar-refractivity contribution in [1.82, 2.24) is 20.5 Å². The molecule has 5 N–H and O–H groups in total. The molecule has 8 heteroatoms. The van der Waals surface area contributed by atoms with Gasteiger partial charge >= 0.3 is 5.97 Å². The van der Waals surface area contributed by atoms with Crippen molar-refractivity contribution >= 4 is 17.8 Å². The number of nitrogens with one attached hydrogen (secondary N) is 2. The summed E-state index contributed by atoms with van der Waals surface area (Å²) in [7, 11) is 0. The van der Waals surface area contributed by atoms with Crippen LogP contribution in [0.1, 0.15) is 37.3 Å². The summed E-state index contributed by atoms with van der Waals surface area (Å²) in [5.74, 6) is -1.04. The van der Waals surface area contributed by atoms with E-state index < -0.39 is 11.9 Å². The lowest BCUT2D eigenvalue weighted by molar-refractivity contribution is -0.138. The van der Waals surface area contributed by atoms with Crippen LogP contribution >= 0.6 is 0 Å². The van der Waals surface area contributed by atoms with E-state index in [9.17, 15) is 9.59 Å². The van der Waals surface area contributed by atoms with Crippen molar-refractivity contribution in [3.8, 4) is 0 Å². The van der Waals surface area contributed by atoms with E-state index in [4.69, 9.17) is 10.8 Å². The van der Waals surface area contributed by atoms with Gasteiger partial charge in [0.1, 0.15) is 0 Å². The summed E-state index contributed by atoms with van der Waals surface area (Å²) in [6.07, 6.45) is 0.752. The Morgan fingerprint density at radius 1 is 1.47 bits per heavy atom. The van der Waals surface area contributed by atoms with E-state index in [-0.39, 0.29) is 30.7 Å². The molecule has 19 heavy (non-hydrogen) atoms. The van der Waals surface area contributed by atoms with Crippen molar-refractivity contribution in [1.29, 1.82) is 0 Å². The van der Waals surface area contributed by atoms with E-state index in [0.29, 0.717) is 5.92 Å². The molecule has 0 unspecified atom stereocenters. The van der Waals surface area contributed by atoms with E-state index in [2.05, 4.69) is 20.5 Å². The second kappa shape index (κ2) is 6.72. The fourth-order valence-electron chi connectivity index (χ4n) is 1.85. The van der Waals surface area contributed by atoms with Gasteiger partial charge < -0.3 is 16.2 Å². The average molecular weight is 269 g/mol. The molecule has 1 rings (SSSR count). The van der Waals surface area contributed by atoms with Gasteiger partial charge in [0, 0.05) is 13.0 Å². The lowest BCUT2D eigenvalue weighted by Gasteiger charge is -2.17. The van der Waals surface area contributed by atoms with Crippen LogP contribution in [0.3, 0.4) is 0 Å². The Labute approximate surface area is 110 Å². The first-order valence-corrected chi connectivity index (χ1v) is 6.06. The molecule has 0 spiro atoms. The monoisotopic (exact) mass is 269 g/mol. The number of nitrogen functional groups attached to an aromatic ring is 1. The van der Waals surface area contributed by atoms with Crippen LogP contribution in [0.4, 0.5) is 5.95 Å². The van der Waals surface area contributed by atoms with Crippen molar-refractivity contribution in [3.63, 3.8) is 0 Å². The molecule has 0 aliphatic heterocycles. The number of carboxylic acid groups (broad SMARTS) is 1. The third kappa shape index (κ3) is 5.36. The topological polar surface area (TPSA) is 134 Å². The summed E-state index contributed by atoms with van der Waals surface area (Å²) >= 11 is 0. The second-order valence-electron chi connectivity index (χ2n) is 4.85. The molecule has 0 saturated carbocycles. The normalized spacial score (nSPS) is 12.4. The minimum absolute atomic E-state index is 0.00517. The standard InChI is InChI=1S/C11H19N5O3/c1-6(2)3-7(4-8(17)18)5-13-10(19)9-14-11(12)16-15-9/h6-7H,3-5H2,1-2H3,(H,13,19)(H,17,18)(H3,12,14,15,16)/t7-/m0/s1. The van der Waals surface area contributed by atoms with E-state index in [1.165, 1.54) is 0 Å². The molecule has 1 aromatic heterocycles. The summed E-state index contributed by atoms with van der Waals surface area (Å²) in [5, 5.41) is 17.4. The molecule has 106 valence electrons. The SMILES string of the molecule is CC(C)C[C@H](CNC(=O)c1nc(N)n[nH]1)CC(=O)O. The van der Waals surface area contributed by atoms with Crippen molar-refractivity contribution in [2.24, 2.45) is 11.8 Å². The maximum atomic E-state index is 11.7. The molecule has 0 saturated heterocycles. The van der Waals surface area contributed by atoms with Crippen molar-refractivity contribution < 1.29 is 14.7 Å². The van der Waals surface area contributed by atoms with Crippen LogP contribution < -0.4 is 11.1 Å². The van der Waals surface area contributed by atoms with Crippen LogP contribution in [0.25, 0.3) is 0 Å². The highest BCUT2D eigenvalue weighted by atomic mass is 16.4. The Kier molecular flexibility index (Phi) is 5.28. The fourth-order valence-corrected chi connectivity index (χ4v) is 1.85. The number of rotatable bonds is 7. The minimum Gasteiger partial charge on any atom is -0.481 e. The van der Waals surface area contributed by atoms with Crippen LogP contribution in [0, 0.1) is 11.8 Å². The van der Waals surface area contributed by atoms with Crippen LogP contribution in [-0.4, -0.2) is 38.7 Å². The average Bonchev–Trinajstić information content (AvgIpc) is 2.71. The van der Waals surface area contributed by atoms with Gasteiger partial charge in [-0.1, -0.05) is 13.8 Å². The predicted molar refractivity (Wildman–Crippen MR) is 68.3 cm³/mol. The zero-order valence-corrected chi connectivity index (χ0v) is 11.0. The smallest absolute Gasteiger partial charge is 0.303 e. The molecule has 0 aromatic carbocycles. The predicted octanol–water partition coefficient (Wildman–Crippen LogP) is 0.254. The molecular formula is C11H19N5O3. The number of aromatic nitrogens is 3. The van der Waals surface area contributed by atoms with E-state index in [0.717, 1.165) is 6.42 Å². The number of aliphatic carboxylic acids is 1.